The summed E-state index contributed by atoms with van der Waals surface area (Å²) in [6.07, 6.45) is 13.8. The molecule has 3 heteroatoms. The second kappa shape index (κ2) is 11.0. The van der Waals surface area contributed by atoms with Crippen LogP contribution >= 0.6 is 0 Å². The Morgan fingerprint density at radius 3 is 2.09 bits per heavy atom. The molecule has 4 atom stereocenters. The fourth-order valence-electron chi connectivity index (χ4n) is 10.3. The van der Waals surface area contributed by atoms with E-state index in [1.54, 1.807) is 5.57 Å². The lowest BCUT2D eigenvalue weighted by atomic mass is 9.76. The number of benzene rings is 2. The van der Waals surface area contributed by atoms with Gasteiger partial charge in [0.25, 0.3) is 0 Å². The van der Waals surface area contributed by atoms with E-state index in [4.69, 9.17) is 4.74 Å². The van der Waals surface area contributed by atoms with Gasteiger partial charge in [-0.25, -0.2) is 0 Å². The van der Waals surface area contributed by atoms with Crippen LogP contribution in [0.1, 0.15) is 118 Å². The normalized spacial score (nSPS) is 27.0. The van der Waals surface area contributed by atoms with Crippen LogP contribution in [0, 0.1) is 17.8 Å². The fraction of sp³-hybridized carbons (Fsp3) is 0.610. The number of hydrogen-bond donors (Lipinski definition) is 0. The zero-order valence-electron chi connectivity index (χ0n) is 29.7. The highest BCUT2D eigenvalue weighted by molar-refractivity contribution is 6.76. The van der Waals surface area contributed by atoms with Crippen molar-refractivity contribution in [2.24, 2.45) is 17.8 Å². The molecule has 2 aromatic carbocycles. The summed E-state index contributed by atoms with van der Waals surface area (Å²) < 4.78 is 9.56. The smallest absolute Gasteiger partial charge is 0.127 e. The van der Waals surface area contributed by atoms with E-state index in [0.29, 0.717) is 11.8 Å². The van der Waals surface area contributed by atoms with E-state index in [2.05, 4.69) is 135 Å². The Labute approximate surface area is 270 Å². The van der Waals surface area contributed by atoms with Crippen molar-refractivity contribution in [1.29, 1.82) is 0 Å². The molecule has 2 nitrogen and oxygen atoms in total. The lowest BCUT2D eigenvalue weighted by molar-refractivity contribution is 0.139. The summed E-state index contributed by atoms with van der Waals surface area (Å²) in [5.41, 5.74) is 8.32. The van der Waals surface area contributed by atoms with E-state index < -0.39 is 8.24 Å². The lowest BCUT2D eigenvalue weighted by Gasteiger charge is -2.56. The van der Waals surface area contributed by atoms with Crippen molar-refractivity contribution in [2.75, 3.05) is 0 Å². The molecule has 0 radical (unpaired) electrons. The van der Waals surface area contributed by atoms with Gasteiger partial charge in [0.1, 0.15) is 19.7 Å². The lowest BCUT2D eigenvalue weighted by Crippen LogP contribution is -2.65. The van der Waals surface area contributed by atoms with Gasteiger partial charge in [0, 0.05) is 17.0 Å². The zero-order chi connectivity index (χ0) is 31.8. The summed E-state index contributed by atoms with van der Waals surface area (Å²) in [7, 11) is -1.79. The van der Waals surface area contributed by atoms with Gasteiger partial charge in [0.15, 0.2) is 0 Å². The van der Waals surface area contributed by atoms with Crippen LogP contribution in [-0.4, -0.2) is 24.4 Å². The second-order valence-electron chi connectivity index (χ2n) is 17.8. The van der Waals surface area contributed by atoms with Gasteiger partial charge in [-0.2, -0.15) is 0 Å². The molecule has 2 aromatic rings. The first-order valence-corrected chi connectivity index (χ1v) is 20.7. The number of fused-ring (bicyclic) bond motifs is 4. The van der Waals surface area contributed by atoms with E-state index in [1.165, 1.54) is 60.8 Å². The molecule has 4 aliphatic rings. The first-order chi connectivity index (χ1) is 20.5. The van der Waals surface area contributed by atoms with Crippen LogP contribution in [0.4, 0.5) is 0 Å². The van der Waals surface area contributed by atoms with Gasteiger partial charge < -0.3 is 9.30 Å². The van der Waals surface area contributed by atoms with Gasteiger partial charge >= 0.3 is 0 Å². The third-order valence-corrected chi connectivity index (χ3v) is 16.7. The van der Waals surface area contributed by atoms with Crippen LogP contribution in [0.5, 0.6) is 11.5 Å². The SMILES string of the molecule is CC1CC2C=C3C(=CC2C1[Si](C)(C)N(C1CCCCC1)C(C)(C)C)C(C)(C)c1cc(Oc2ccc(C(C)(C)C)cc2)ccc13. The summed E-state index contributed by atoms with van der Waals surface area (Å²) in [6.45, 7) is 27.2. The Bertz CT molecular complexity index is 1440. The highest BCUT2D eigenvalue weighted by atomic mass is 28.3. The largest absolute Gasteiger partial charge is 0.457 e. The Morgan fingerprint density at radius 2 is 1.48 bits per heavy atom. The molecule has 4 aliphatic carbocycles. The molecule has 4 unspecified atom stereocenters. The van der Waals surface area contributed by atoms with E-state index in [-0.39, 0.29) is 16.4 Å². The number of ether oxygens (including phenoxy) is 1. The van der Waals surface area contributed by atoms with Gasteiger partial charge in [-0.1, -0.05) is 104 Å². The van der Waals surface area contributed by atoms with E-state index in [1.807, 2.05) is 0 Å². The summed E-state index contributed by atoms with van der Waals surface area (Å²) in [4.78, 5) is 0. The second-order valence-corrected chi connectivity index (χ2v) is 22.3. The average molecular weight is 610 g/mol. The number of hydrogen-bond acceptors (Lipinski definition) is 2. The number of rotatable bonds is 5. The van der Waals surface area contributed by atoms with E-state index in [9.17, 15) is 0 Å². The number of allylic oxidation sites excluding steroid dienone is 4. The van der Waals surface area contributed by atoms with Crippen molar-refractivity contribution in [3.05, 3.63) is 76.9 Å². The maximum absolute atomic E-state index is 6.45. The van der Waals surface area contributed by atoms with E-state index >= 15 is 0 Å². The summed E-state index contributed by atoms with van der Waals surface area (Å²) in [5, 5.41) is 0. The van der Waals surface area contributed by atoms with Gasteiger partial charge in [-0.05, 0) is 121 Å². The highest BCUT2D eigenvalue weighted by Gasteiger charge is 2.56. The molecule has 0 saturated heterocycles. The maximum atomic E-state index is 6.45. The average Bonchev–Trinajstić information content (AvgIpc) is 3.37. The molecule has 0 spiro atoms. The minimum Gasteiger partial charge on any atom is -0.457 e. The summed E-state index contributed by atoms with van der Waals surface area (Å²) in [6, 6.07) is 16.2. The van der Waals surface area contributed by atoms with Crippen LogP contribution in [0.3, 0.4) is 0 Å². The molecule has 44 heavy (non-hydrogen) atoms. The van der Waals surface area contributed by atoms with Crippen molar-refractivity contribution >= 4 is 13.8 Å². The first kappa shape index (κ1) is 31.9. The van der Waals surface area contributed by atoms with Crippen LogP contribution in [0.2, 0.25) is 18.6 Å². The molecule has 2 fully saturated rings. The quantitative estimate of drug-likeness (QED) is 0.313. The third-order valence-electron chi connectivity index (χ3n) is 11.9. The van der Waals surface area contributed by atoms with Crippen molar-refractivity contribution in [2.45, 2.75) is 142 Å². The maximum Gasteiger partial charge on any atom is 0.127 e. The Hall–Kier alpha value is -2.10. The van der Waals surface area contributed by atoms with Crippen LogP contribution in [0.25, 0.3) is 5.57 Å². The van der Waals surface area contributed by atoms with Crippen molar-refractivity contribution in [3.8, 4) is 11.5 Å². The van der Waals surface area contributed by atoms with Crippen molar-refractivity contribution in [1.82, 2.24) is 4.57 Å². The van der Waals surface area contributed by atoms with Gasteiger partial charge in [-0.15, -0.1) is 0 Å². The molecule has 2 saturated carbocycles. The minimum absolute atomic E-state index is 0.0310. The molecule has 0 N–H and O–H groups in total. The van der Waals surface area contributed by atoms with Crippen LogP contribution in [0.15, 0.2) is 60.2 Å². The molecule has 238 valence electrons. The van der Waals surface area contributed by atoms with Gasteiger partial charge in [0.2, 0.25) is 0 Å². The van der Waals surface area contributed by atoms with Gasteiger partial charge in [-0.3, -0.25) is 0 Å². The van der Waals surface area contributed by atoms with Gasteiger partial charge in [0.05, 0.1) is 0 Å². The summed E-state index contributed by atoms with van der Waals surface area (Å²) >= 11 is 0. The molecule has 0 bridgehead atoms. The summed E-state index contributed by atoms with van der Waals surface area (Å²) in [5.74, 6) is 3.89. The third kappa shape index (κ3) is 5.49. The first-order valence-electron chi connectivity index (χ1n) is 17.7. The molecule has 0 aromatic heterocycles. The Morgan fingerprint density at radius 1 is 0.841 bits per heavy atom. The molecular formula is C41H59NOSi. The molecule has 0 aliphatic heterocycles. The van der Waals surface area contributed by atoms with Crippen LogP contribution < -0.4 is 4.74 Å². The zero-order valence-corrected chi connectivity index (χ0v) is 30.7. The molecule has 6 rings (SSSR count). The molecule has 0 amide bonds. The van der Waals surface area contributed by atoms with Crippen LogP contribution in [-0.2, 0) is 10.8 Å². The Balaban J connectivity index is 1.31. The van der Waals surface area contributed by atoms with Crippen molar-refractivity contribution in [3.63, 3.8) is 0 Å². The van der Waals surface area contributed by atoms with E-state index in [0.717, 1.165) is 29.0 Å². The fourth-order valence-corrected chi connectivity index (χ4v) is 16.4. The highest BCUT2D eigenvalue weighted by Crippen LogP contribution is 2.61. The topological polar surface area (TPSA) is 12.5 Å². The molecular weight excluding hydrogens is 551 g/mol. The number of nitrogens with zero attached hydrogens (tertiary/aromatic N) is 1. The molecule has 0 heterocycles. The monoisotopic (exact) mass is 609 g/mol. The minimum atomic E-state index is -1.79. The standard InChI is InChI=1S/C41H59NOSi/c1-27-23-28-24-35-33-22-21-32(43-31-19-17-29(18-20-31)39(2,3)4)25-36(33)41(8,9)37(35)26-34(28)38(27)44(10,11)42(40(5,6)7)30-15-13-12-14-16-30/h17-22,24-28,30,34,38H,12-16,23H2,1-11H3. The predicted molar refractivity (Wildman–Crippen MR) is 191 cm³/mol. The Kier molecular flexibility index (Phi) is 7.97. The predicted octanol–water partition coefficient (Wildman–Crippen LogP) is 11.7. The van der Waals surface area contributed by atoms with Crippen molar-refractivity contribution < 1.29 is 4.74 Å².